The van der Waals surface area contributed by atoms with E-state index in [2.05, 4.69) is 21.2 Å². The third-order valence-corrected chi connectivity index (χ3v) is 4.10. The lowest BCUT2D eigenvalue weighted by atomic mass is 10.1. The number of hydrogen-bond donors (Lipinski definition) is 1. The van der Waals surface area contributed by atoms with Crippen molar-refractivity contribution >= 4 is 15.9 Å². The molecule has 0 aliphatic carbocycles. The summed E-state index contributed by atoms with van der Waals surface area (Å²) < 4.78 is 20.6. The molecule has 0 atom stereocenters. The van der Waals surface area contributed by atoms with Crippen LogP contribution in [0.3, 0.4) is 0 Å². The molecule has 2 nitrogen and oxygen atoms in total. The van der Waals surface area contributed by atoms with Crippen molar-refractivity contribution in [2.45, 2.75) is 27.0 Å². The van der Waals surface area contributed by atoms with E-state index in [0.29, 0.717) is 5.56 Å². The van der Waals surface area contributed by atoms with Crippen molar-refractivity contribution < 1.29 is 9.13 Å². The van der Waals surface area contributed by atoms with Crippen molar-refractivity contribution in [3.8, 4) is 5.75 Å². The topological polar surface area (TPSA) is 21.3 Å². The Morgan fingerprint density at radius 1 is 1.19 bits per heavy atom. The van der Waals surface area contributed by atoms with Gasteiger partial charge in [0.25, 0.3) is 0 Å². The van der Waals surface area contributed by atoms with Crippen LogP contribution < -0.4 is 10.1 Å². The number of aryl methyl sites for hydroxylation is 1. The number of ether oxygens (including phenoxy) is 1. The highest BCUT2D eigenvalue weighted by atomic mass is 79.9. The summed E-state index contributed by atoms with van der Waals surface area (Å²) in [6.07, 6.45) is 0. The first-order valence-corrected chi connectivity index (χ1v) is 7.76. The quantitative estimate of drug-likeness (QED) is 0.821. The Kier molecular flexibility index (Phi) is 5.76. The summed E-state index contributed by atoms with van der Waals surface area (Å²) in [4.78, 5) is 0. The largest absolute Gasteiger partial charge is 0.489 e. The molecule has 0 aliphatic rings. The van der Waals surface area contributed by atoms with Crippen LogP contribution in [0.25, 0.3) is 0 Å². The maximum absolute atomic E-state index is 13.8. The summed E-state index contributed by atoms with van der Waals surface area (Å²) in [6, 6.07) is 10.9. The summed E-state index contributed by atoms with van der Waals surface area (Å²) in [7, 11) is 0. The molecule has 1 N–H and O–H groups in total. The second kappa shape index (κ2) is 7.57. The average Bonchev–Trinajstić information content (AvgIpc) is 2.48. The molecule has 112 valence electrons. The molecular weight excluding hydrogens is 333 g/mol. The van der Waals surface area contributed by atoms with E-state index in [1.54, 1.807) is 6.07 Å². The Hall–Kier alpha value is -1.39. The molecule has 0 saturated heterocycles. The van der Waals surface area contributed by atoms with E-state index in [0.717, 1.165) is 34.4 Å². The van der Waals surface area contributed by atoms with E-state index in [9.17, 15) is 4.39 Å². The Morgan fingerprint density at radius 3 is 2.71 bits per heavy atom. The third kappa shape index (κ3) is 4.55. The summed E-state index contributed by atoms with van der Waals surface area (Å²) in [5, 5.41) is 3.23. The molecule has 0 fully saturated rings. The predicted octanol–water partition coefficient (Wildman–Crippen LogP) is 4.59. The van der Waals surface area contributed by atoms with Gasteiger partial charge in [0.15, 0.2) is 0 Å². The Labute approximate surface area is 133 Å². The highest BCUT2D eigenvalue weighted by molar-refractivity contribution is 9.10. The van der Waals surface area contributed by atoms with E-state index in [4.69, 9.17) is 4.74 Å². The minimum Gasteiger partial charge on any atom is -0.489 e. The van der Waals surface area contributed by atoms with Crippen LogP contribution in [-0.2, 0) is 13.2 Å². The van der Waals surface area contributed by atoms with Crippen LogP contribution >= 0.6 is 15.9 Å². The maximum atomic E-state index is 13.8. The molecule has 0 heterocycles. The molecule has 0 radical (unpaired) electrons. The average molecular weight is 352 g/mol. The summed E-state index contributed by atoms with van der Waals surface area (Å²) in [5.74, 6) is 0.510. The number of benzene rings is 2. The molecule has 21 heavy (non-hydrogen) atoms. The molecule has 2 aromatic carbocycles. The lowest BCUT2D eigenvalue weighted by Gasteiger charge is -2.10. The Morgan fingerprint density at radius 2 is 2.00 bits per heavy atom. The first-order valence-electron chi connectivity index (χ1n) is 6.97. The number of hydrogen-bond acceptors (Lipinski definition) is 2. The molecule has 0 amide bonds. The van der Waals surface area contributed by atoms with Crippen molar-refractivity contribution in [1.82, 2.24) is 5.32 Å². The van der Waals surface area contributed by atoms with Crippen molar-refractivity contribution in [1.29, 1.82) is 0 Å². The smallest absolute Gasteiger partial charge is 0.129 e. The van der Waals surface area contributed by atoms with Gasteiger partial charge in [0.05, 0.1) is 0 Å². The minimum atomic E-state index is -0.232. The fourth-order valence-corrected chi connectivity index (χ4v) is 2.23. The molecule has 0 aromatic heterocycles. The van der Waals surface area contributed by atoms with Gasteiger partial charge in [0, 0.05) is 16.6 Å². The summed E-state index contributed by atoms with van der Waals surface area (Å²) >= 11 is 3.45. The fourth-order valence-electron chi connectivity index (χ4n) is 1.99. The van der Waals surface area contributed by atoms with Crippen LogP contribution in [0, 0.1) is 12.7 Å². The molecular formula is C17H19BrFNO. The first kappa shape index (κ1) is 16.0. The third-order valence-electron chi connectivity index (χ3n) is 3.21. The highest BCUT2D eigenvalue weighted by Crippen LogP contribution is 2.23. The zero-order chi connectivity index (χ0) is 15.2. The molecule has 0 saturated carbocycles. The van der Waals surface area contributed by atoms with Gasteiger partial charge in [0.1, 0.15) is 18.2 Å². The van der Waals surface area contributed by atoms with Gasteiger partial charge in [-0.25, -0.2) is 4.39 Å². The van der Waals surface area contributed by atoms with Gasteiger partial charge in [0.2, 0.25) is 0 Å². The first-order chi connectivity index (χ1) is 10.1. The molecule has 2 aromatic rings. The maximum Gasteiger partial charge on any atom is 0.129 e. The van der Waals surface area contributed by atoms with Gasteiger partial charge in [-0.15, -0.1) is 0 Å². The van der Waals surface area contributed by atoms with Crippen molar-refractivity contribution in [2.24, 2.45) is 0 Å². The number of halogens is 2. The molecule has 4 heteroatoms. The van der Waals surface area contributed by atoms with Gasteiger partial charge >= 0.3 is 0 Å². The monoisotopic (exact) mass is 351 g/mol. The van der Waals surface area contributed by atoms with Crippen LogP contribution in [0.15, 0.2) is 40.9 Å². The van der Waals surface area contributed by atoms with E-state index >= 15 is 0 Å². The van der Waals surface area contributed by atoms with E-state index in [1.165, 1.54) is 6.07 Å². The highest BCUT2D eigenvalue weighted by Gasteiger charge is 2.06. The number of nitrogens with one attached hydrogen (secondary N) is 1. The van der Waals surface area contributed by atoms with Crippen LogP contribution in [-0.4, -0.2) is 6.54 Å². The van der Waals surface area contributed by atoms with E-state index < -0.39 is 0 Å². The SMILES string of the molecule is CCNCc1ccc(F)c(COc2ccc(Br)c(C)c2)c1. The number of rotatable bonds is 6. The zero-order valence-electron chi connectivity index (χ0n) is 12.2. The van der Waals surface area contributed by atoms with Gasteiger partial charge < -0.3 is 10.1 Å². The summed E-state index contributed by atoms with van der Waals surface area (Å²) in [5.41, 5.74) is 2.73. The van der Waals surface area contributed by atoms with Crippen LogP contribution in [0.2, 0.25) is 0 Å². The van der Waals surface area contributed by atoms with E-state index in [-0.39, 0.29) is 12.4 Å². The van der Waals surface area contributed by atoms with Crippen LogP contribution in [0.1, 0.15) is 23.6 Å². The second-order valence-corrected chi connectivity index (χ2v) is 5.76. The molecule has 0 bridgehead atoms. The second-order valence-electron chi connectivity index (χ2n) is 4.91. The zero-order valence-corrected chi connectivity index (χ0v) is 13.8. The lowest BCUT2D eigenvalue weighted by Crippen LogP contribution is -2.12. The van der Waals surface area contributed by atoms with Gasteiger partial charge in [-0.05, 0) is 54.9 Å². The molecule has 0 unspecified atom stereocenters. The van der Waals surface area contributed by atoms with E-state index in [1.807, 2.05) is 38.1 Å². The molecule has 2 rings (SSSR count). The van der Waals surface area contributed by atoms with Crippen molar-refractivity contribution in [3.05, 3.63) is 63.4 Å². The lowest BCUT2D eigenvalue weighted by molar-refractivity contribution is 0.299. The van der Waals surface area contributed by atoms with Gasteiger partial charge in [-0.1, -0.05) is 28.9 Å². The van der Waals surface area contributed by atoms with Crippen LogP contribution in [0.4, 0.5) is 4.39 Å². The fraction of sp³-hybridized carbons (Fsp3) is 0.294. The van der Waals surface area contributed by atoms with Crippen LogP contribution in [0.5, 0.6) is 5.75 Å². The normalized spacial score (nSPS) is 10.7. The predicted molar refractivity (Wildman–Crippen MR) is 87.0 cm³/mol. The molecule has 0 aliphatic heterocycles. The molecule has 0 spiro atoms. The summed E-state index contributed by atoms with van der Waals surface area (Å²) in [6.45, 7) is 5.90. The van der Waals surface area contributed by atoms with Crippen molar-refractivity contribution in [2.75, 3.05) is 6.54 Å². The van der Waals surface area contributed by atoms with Gasteiger partial charge in [-0.3, -0.25) is 0 Å². The Balaban J connectivity index is 2.06. The van der Waals surface area contributed by atoms with Gasteiger partial charge in [-0.2, -0.15) is 0 Å². The Bertz CT molecular complexity index is 616. The standard InChI is InChI=1S/C17H19BrFNO/c1-3-20-10-13-4-7-17(19)14(9-13)11-21-15-5-6-16(18)12(2)8-15/h4-9,20H,3,10-11H2,1-2H3. The van der Waals surface area contributed by atoms with Crippen molar-refractivity contribution in [3.63, 3.8) is 0 Å². The minimum absolute atomic E-state index is 0.229.